The number of rotatable bonds is 8. The molecule has 2 aromatic carbocycles. The zero-order chi connectivity index (χ0) is 23.5. The number of anilines is 1. The molecule has 0 bridgehead atoms. The van der Waals surface area contributed by atoms with Gasteiger partial charge in [0.05, 0.1) is 27.3 Å². The van der Waals surface area contributed by atoms with Crippen molar-refractivity contribution in [2.45, 2.75) is 39.8 Å². The number of amides is 1. The lowest BCUT2D eigenvalue weighted by Crippen LogP contribution is -2.26. The Morgan fingerprint density at radius 3 is 2.30 bits per heavy atom. The third-order valence-corrected chi connectivity index (χ3v) is 5.34. The predicted octanol–water partition coefficient (Wildman–Crippen LogP) is 3.64. The van der Waals surface area contributed by atoms with Crippen molar-refractivity contribution >= 4 is 28.4 Å². The number of fused-ring (bicyclic) bond motifs is 1. The lowest BCUT2D eigenvalue weighted by molar-refractivity contribution is -0.384. The average molecular weight is 448 g/mol. The molecule has 33 heavy (non-hydrogen) atoms. The Morgan fingerprint density at radius 1 is 1.06 bits per heavy atom. The summed E-state index contributed by atoms with van der Waals surface area (Å²) in [5.74, 6) is 0.185. The number of aromatic nitrogens is 4. The third-order valence-electron chi connectivity index (χ3n) is 5.34. The van der Waals surface area contributed by atoms with E-state index in [4.69, 9.17) is 0 Å². The topological polar surface area (TPSA) is 117 Å². The van der Waals surface area contributed by atoms with Crippen LogP contribution in [0.25, 0.3) is 16.7 Å². The molecule has 0 aliphatic carbocycles. The first-order valence-corrected chi connectivity index (χ1v) is 10.7. The molecular weight excluding hydrogens is 424 g/mol. The number of carbonyl (C=O) groups excluding carboxylic acids is 1. The van der Waals surface area contributed by atoms with E-state index in [0.717, 1.165) is 17.5 Å². The molecule has 2 aromatic heterocycles. The van der Waals surface area contributed by atoms with Crippen molar-refractivity contribution in [2.24, 2.45) is 0 Å². The molecule has 0 saturated heterocycles. The van der Waals surface area contributed by atoms with Gasteiger partial charge < -0.3 is 5.32 Å². The van der Waals surface area contributed by atoms with Crippen LogP contribution in [-0.2, 0) is 17.9 Å². The van der Waals surface area contributed by atoms with Gasteiger partial charge >= 0.3 is 5.69 Å². The fourth-order valence-electron chi connectivity index (χ4n) is 3.85. The van der Waals surface area contributed by atoms with Crippen LogP contribution in [0.5, 0.6) is 0 Å². The van der Waals surface area contributed by atoms with Gasteiger partial charge in [-0.25, -0.2) is 9.48 Å². The summed E-state index contributed by atoms with van der Waals surface area (Å²) in [6.07, 6.45) is 0.935. The van der Waals surface area contributed by atoms with Crippen LogP contribution in [0.4, 0.5) is 11.5 Å². The molecule has 4 rings (SSSR count). The maximum Gasteiger partial charge on any atom is 0.329 e. The van der Waals surface area contributed by atoms with E-state index in [9.17, 15) is 19.7 Å². The number of nitro benzene ring substituents is 1. The van der Waals surface area contributed by atoms with Gasteiger partial charge in [0.25, 0.3) is 5.69 Å². The monoisotopic (exact) mass is 448 g/mol. The number of nitrogens with zero attached hydrogens (tertiary/aromatic N) is 5. The molecule has 0 radical (unpaired) electrons. The van der Waals surface area contributed by atoms with Crippen molar-refractivity contribution in [3.05, 3.63) is 80.9 Å². The summed E-state index contributed by atoms with van der Waals surface area (Å²) in [6.45, 7) is 4.67. The highest BCUT2D eigenvalue weighted by Crippen LogP contribution is 2.20. The Kier molecular flexibility index (Phi) is 6.07. The lowest BCUT2D eigenvalue weighted by atomic mass is 10.3. The smallest absolute Gasteiger partial charge is 0.311 e. The zero-order valence-corrected chi connectivity index (χ0v) is 18.4. The van der Waals surface area contributed by atoms with Crippen LogP contribution in [0.15, 0.2) is 59.4 Å². The van der Waals surface area contributed by atoms with Crippen molar-refractivity contribution < 1.29 is 9.72 Å². The summed E-state index contributed by atoms with van der Waals surface area (Å²) in [5.41, 5.74) is 2.77. The van der Waals surface area contributed by atoms with Crippen LogP contribution in [0.1, 0.15) is 25.5 Å². The number of aryl methyl sites for hydroxylation is 3. The fourth-order valence-corrected chi connectivity index (χ4v) is 3.85. The van der Waals surface area contributed by atoms with Gasteiger partial charge in [-0.2, -0.15) is 5.10 Å². The highest BCUT2D eigenvalue weighted by Gasteiger charge is 2.16. The molecule has 170 valence electrons. The van der Waals surface area contributed by atoms with E-state index in [-0.39, 0.29) is 30.2 Å². The van der Waals surface area contributed by atoms with E-state index in [0.29, 0.717) is 23.7 Å². The number of imidazole rings is 1. The molecule has 10 nitrogen and oxygen atoms in total. The standard InChI is InChI=1S/C23H24N6O4/c1-3-13-26-19-6-4-5-7-20(19)27(23(26)31)14-12-22(30)24-21-15-16(2)25-28(21)17-8-10-18(11-9-17)29(32)33/h4-11,15H,3,12-14H2,1-2H3,(H,24,30). The second-order valence-electron chi connectivity index (χ2n) is 7.73. The predicted molar refractivity (Wildman–Crippen MR) is 125 cm³/mol. The SMILES string of the molecule is CCCn1c(=O)n(CCC(=O)Nc2cc(C)nn2-c2ccc([N+](=O)[O-])cc2)c2ccccc21. The summed E-state index contributed by atoms with van der Waals surface area (Å²) in [4.78, 5) is 36.1. The number of para-hydroxylation sites is 2. The van der Waals surface area contributed by atoms with Gasteiger partial charge in [0.1, 0.15) is 5.82 Å². The molecular formula is C23H24N6O4. The Labute approximate surface area is 189 Å². The van der Waals surface area contributed by atoms with Gasteiger partial charge in [0, 0.05) is 37.7 Å². The first-order chi connectivity index (χ1) is 15.9. The minimum absolute atomic E-state index is 0.0270. The van der Waals surface area contributed by atoms with Crippen molar-refractivity contribution in [3.8, 4) is 5.69 Å². The maximum absolute atomic E-state index is 12.9. The van der Waals surface area contributed by atoms with Crippen LogP contribution in [0, 0.1) is 17.0 Å². The number of non-ortho nitro benzene ring substituents is 1. The summed E-state index contributed by atoms with van der Waals surface area (Å²) in [5, 5.41) is 18.1. The van der Waals surface area contributed by atoms with E-state index in [1.54, 1.807) is 34.3 Å². The van der Waals surface area contributed by atoms with Gasteiger partial charge in [0.15, 0.2) is 0 Å². The van der Waals surface area contributed by atoms with Crippen LogP contribution < -0.4 is 11.0 Å². The Hall–Kier alpha value is -4.21. The molecule has 1 N–H and O–H groups in total. The lowest BCUT2D eigenvalue weighted by Gasteiger charge is -2.09. The Morgan fingerprint density at radius 2 is 1.70 bits per heavy atom. The van der Waals surface area contributed by atoms with Gasteiger partial charge in [-0.1, -0.05) is 19.1 Å². The molecule has 0 unspecified atom stereocenters. The van der Waals surface area contributed by atoms with Crippen molar-refractivity contribution in [3.63, 3.8) is 0 Å². The van der Waals surface area contributed by atoms with Gasteiger partial charge in [-0.05, 0) is 37.6 Å². The first-order valence-electron chi connectivity index (χ1n) is 10.7. The number of carbonyl (C=O) groups is 1. The molecule has 0 aliphatic rings. The molecule has 0 spiro atoms. The van der Waals surface area contributed by atoms with Crippen LogP contribution in [-0.4, -0.2) is 29.7 Å². The first kappa shape index (κ1) is 22.0. The van der Waals surface area contributed by atoms with Crippen molar-refractivity contribution in [1.29, 1.82) is 0 Å². The van der Waals surface area contributed by atoms with E-state index < -0.39 is 4.92 Å². The van der Waals surface area contributed by atoms with Crippen LogP contribution >= 0.6 is 0 Å². The highest BCUT2D eigenvalue weighted by molar-refractivity contribution is 5.90. The van der Waals surface area contributed by atoms with E-state index in [1.807, 2.05) is 31.2 Å². The average Bonchev–Trinajstić information content (AvgIpc) is 3.29. The fraction of sp³-hybridized carbons (Fsp3) is 0.261. The second-order valence-corrected chi connectivity index (χ2v) is 7.73. The Balaban J connectivity index is 1.53. The molecule has 0 atom stereocenters. The maximum atomic E-state index is 12.9. The van der Waals surface area contributed by atoms with Gasteiger partial charge in [0.2, 0.25) is 5.91 Å². The van der Waals surface area contributed by atoms with E-state index in [2.05, 4.69) is 10.4 Å². The molecule has 0 fully saturated rings. The largest absolute Gasteiger partial charge is 0.329 e. The Bertz CT molecular complexity index is 1380. The number of hydrogen-bond donors (Lipinski definition) is 1. The zero-order valence-electron chi connectivity index (χ0n) is 18.4. The van der Waals surface area contributed by atoms with Crippen molar-refractivity contribution in [2.75, 3.05) is 5.32 Å². The van der Waals surface area contributed by atoms with Crippen molar-refractivity contribution in [1.82, 2.24) is 18.9 Å². The number of nitrogens with one attached hydrogen (secondary N) is 1. The van der Waals surface area contributed by atoms with Crippen LogP contribution in [0.2, 0.25) is 0 Å². The highest BCUT2D eigenvalue weighted by atomic mass is 16.6. The van der Waals surface area contributed by atoms with E-state index >= 15 is 0 Å². The quantitative estimate of drug-likeness (QED) is 0.326. The summed E-state index contributed by atoms with van der Waals surface area (Å²) >= 11 is 0. The van der Waals surface area contributed by atoms with Gasteiger partial charge in [-0.15, -0.1) is 0 Å². The summed E-state index contributed by atoms with van der Waals surface area (Å²) in [6, 6.07) is 15.2. The minimum Gasteiger partial charge on any atom is -0.311 e. The van der Waals surface area contributed by atoms with E-state index in [1.165, 1.54) is 16.8 Å². The molecule has 1 amide bonds. The summed E-state index contributed by atoms with van der Waals surface area (Å²) in [7, 11) is 0. The second kappa shape index (κ2) is 9.11. The molecule has 0 aliphatic heterocycles. The molecule has 4 aromatic rings. The number of nitro groups is 1. The molecule has 2 heterocycles. The van der Waals surface area contributed by atoms with Gasteiger partial charge in [-0.3, -0.25) is 24.0 Å². The number of hydrogen-bond acceptors (Lipinski definition) is 5. The molecule has 10 heteroatoms. The molecule has 0 saturated carbocycles. The normalized spacial score (nSPS) is 11.1. The van der Waals surface area contributed by atoms with Crippen LogP contribution in [0.3, 0.4) is 0 Å². The minimum atomic E-state index is -0.472. The number of benzene rings is 2. The summed E-state index contributed by atoms with van der Waals surface area (Å²) < 4.78 is 4.89. The third kappa shape index (κ3) is 4.40.